The van der Waals surface area contributed by atoms with Gasteiger partial charge in [0.05, 0.1) is 5.92 Å². The van der Waals surface area contributed by atoms with Gasteiger partial charge >= 0.3 is 5.97 Å². The van der Waals surface area contributed by atoms with E-state index in [-0.39, 0.29) is 18.3 Å². The minimum Gasteiger partial charge on any atom is -0.481 e. The fraction of sp³-hybridized carbons (Fsp3) is 0.857. The van der Waals surface area contributed by atoms with Gasteiger partial charge in [-0.3, -0.25) is 4.79 Å². The lowest BCUT2D eigenvalue weighted by Crippen LogP contribution is -2.38. The van der Waals surface area contributed by atoms with E-state index in [1.807, 2.05) is 6.92 Å². The number of nitrogens with one attached hydrogen (secondary N) is 1. The minimum atomic E-state index is -0.645. The number of aliphatic carboxylic acids is 1. The lowest BCUT2D eigenvalue weighted by atomic mass is 9.94. The first kappa shape index (κ1) is 10.7. The van der Waals surface area contributed by atoms with Gasteiger partial charge < -0.3 is 10.4 Å². The number of piperidine rings is 1. The zero-order valence-electron chi connectivity index (χ0n) is 6.54. The first-order valence-electron chi connectivity index (χ1n) is 3.66. The van der Waals surface area contributed by atoms with Crippen LogP contribution in [-0.2, 0) is 4.79 Å². The van der Waals surface area contributed by atoms with Crippen molar-refractivity contribution in [1.29, 1.82) is 0 Å². The van der Waals surface area contributed by atoms with E-state index in [9.17, 15) is 4.79 Å². The summed E-state index contributed by atoms with van der Waals surface area (Å²) >= 11 is 0. The molecule has 4 heteroatoms. The number of carbonyl (C=O) groups is 1. The van der Waals surface area contributed by atoms with Crippen molar-refractivity contribution in [2.45, 2.75) is 25.8 Å². The van der Waals surface area contributed by atoms with Crippen LogP contribution in [0.2, 0.25) is 0 Å². The van der Waals surface area contributed by atoms with Crippen molar-refractivity contribution in [1.82, 2.24) is 5.32 Å². The Morgan fingerprint density at radius 2 is 2.27 bits per heavy atom. The van der Waals surface area contributed by atoms with Crippen molar-refractivity contribution in [2.75, 3.05) is 6.54 Å². The highest BCUT2D eigenvalue weighted by atomic mass is 35.5. The second-order valence-corrected chi connectivity index (χ2v) is 2.91. The largest absolute Gasteiger partial charge is 0.481 e. The van der Waals surface area contributed by atoms with E-state index >= 15 is 0 Å². The minimum absolute atomic E-state index is 0. The monoisotopic (exact) mass is 179 g/mol. The molecule has 11 heavy (non-hydrogen) atoms. The second kappa shape index (κ2) is 4.57. The van der Waals surface area contributed by atoms with E-state index in [2.05, 4.69) is 5.32 Å². The molecule has 1 heterocycles. The topological polar surface area (TPSA) is 49.3 Å². The van der Waals surface area contributed by atoms with E-state index in [4.69, 9.17) is 5.11 Å². The molecule has 1 rings (SSSR count). The van der Waals surface area contributed by atoms with Crippen LogP contribution in [0.4, 0.5) is 0 Å². The summed E-state index contributed by atoms with van der Waals surface area (Å²) in [6, 6.07) is 0.370. The molecule has 0 aromatic heterocycles. The Labute approximate surface area is 72.6 Å². The third kappa shape index (κ3) is 3.08. The van der Waals surface area contributed by atoms with Crippen molar-refractivity contribution in [3.8, 4) is 0 Å². The Bertz CT molecular complexity index is 140. The van der Waals surface area contributed by atoms with Gasteiger partial charge in [0, 0.05) is 6.04 Å². The van der Waals surface area contributed by atoms with E-state index in [1.54, 1.807) is 0 Å². The molecule has 0 aromatic rings. The molecule has 2 N–H and O–H groups in total. The summed E-state index contributed by atoms with van der Waals surface area (Å²) in [7, 11) is 0. The molecule has 1 saturated heterocycles. The van der Waals surface area contributed by atoms with Crippen molar-refractivity contribution < 1.29 is 9.90 Å². The molecular weight excluding hydrogens is 166 g/mol. The number of hydrogen-bond acceptors (Lipinski definition) is 2. The highest BCUT2D eigenvalue weighted by molar-refractivity contribution is 5.85. The van der Waals surface area contributed by atoms with Gasteiger partial charge in [-0.1, -0.05) is 0 Å². The fourth-order valence-electron chi connectivity index (χ4n) is 1.36. The van der Waals surface area contributed by atoms with Crippen LogP contribution in [0.3, 0.4) is 0 Å². The summed E-state index contributed by atoms with van der Waals surface area (Å²) in [5.74, 6) is -0.760. The van der Waals surface area contributed by atoms with Gasteiger partial charge in [-0.25, -0.2) is 0 Å². The molecule has 0 bridgehead atoms. The molecule has 0 spiro atoms. The van der Waals surface area contributed by atoms with E-state index < -0.39 is 5.97 Å². The van der Waals surface area contributed by atoms with Gasteiger partial charge in [0.25, 0.3) is 0 Å². The second-order valence-electron chi connectivity index (χ2n) is 2.91. The van der Waals surface area contributed by atoms with Crippen molar-refractivity contribution >= 4 is 18.4 Å². The fourth-order valence-corrected chi connectivity index (χ4v) is 1.36. The van der Waals surface area contributed by atoms with Gasteiger partial charge in [0.2, 0.25) is 0 Å². The number of rotatable bonds is 1. The van der Waals surface area contributed by atoms with Crippen LogP contribution in [0, 0.1) is 5.92 Å². The van der Waals surface area contributed by atoms with Crippen LogP contribution < -0.4 is 5.32 Å². The first-order valence-corrected chi connectivity index (χ1v) is 3.66. The van der Waals surface area contributed by atoms with Gasteiger partial charge in [-0.05, 0) is 26.3 Å². The smallest absolute Gasteiger partial charge is 0.306 e. The standard InChI is InChI=1S/C7H13NO2.ClH/c1-5-4-6(7(9)10)2-3-8-5;/h5-6,8H,2-4H2,1H3,(H,9,10);1H/t5-,6-;/m1./s1. The van der Waals surface area contributed by atoms with Crippen molar-refractivity contribution in [3.63, 3.8) is 0 Å². The summed E-state index contributed by atoms with van der Waals surface area (Å²) in [5, 5.41) is 11.8. The number of halogens is 1. The summed E-state index contributed by atoms with van der Waals surface area (Å²) in [4.78, 5) is 10.5. The summed E-state index contributed by atoms with van der Waals surface area (Å²) in [5.41, 5.74) is 0. The van der Waals surface area contributed by atoms with Crippen LogP contribution in [0.25, 0.3) is 0 Å². The van der Waals surface area contributed by atoms with E-state index in [0.717, 1.165) is 19.4 Å². The molecule has 0 aliphatic carbocycles. The van der Waals surface area contributed by atoms with E-state index in [1.165, 1.54) is 0 Å². The molecule has 0 saturated carbocycles. The average molecular weight is 180 g/mol. The number of carboxylic acid groups (broad SMARTS) is 1. The maximum atomic E-state index is 10.5. The molecule has 0 unspecified atom stereocenters. The van der Waals surface area contributed by atoms with Crippen molar-refractivity contribution in [3.05, 3.63) is 0 Å². The van der Waals surface area contributed by atoms with Gasteiger partial charge in [-0.15, -0.1) is 12.4 Å². The normalized spacial score (nSPS) is 30.6. The molecule has 66 valence electrons. The lowest BCUT2D eigenvalue weighted by molar-refractivity contribution is -0.142. The van der Waals surface area contributed by atoms with Crippen molar-refractivity contribution in [2.24, 2.45) is 5.92 Å². The van der Waals surface area contributed by atoms with Crippen LogP contribution in [0.15, 0.2) is 0 Å². The van der Waals surface area contributed by atoms with Crippen LogP contribution in [0.5, 0.6) is 0 Å². The zero-order valence-corrected chi connectivity index (χ0v) is 7.36. The zero-order chi connectivity index (χ0) is 7.56. The maximum Gasteiger partial charge on any atom is 0.306 e. The number of carboxylic acids is 1. The summed E-state index contributed by atoms with van der Waals surface area (Å²) in [6.45, 7) is 2.87. The molecule has 0 radical (unpaired) electrons. The van der Waals surface area contributed by atoms with E-state index in [0.29, 0.717) is 6.04 Å². The average Bonchev–Trinajstić information content (AvgIpc) is 1.88. The molecular formula is C7H14ClNO2. The third-order valence-corrected chi connectivity index (χ3v) is 1.97. The Kier molecular flexibility index (Phi) is 4.45. The molecule has 0 aromatic carbocycles. The highest BCUT2D eigenvalue weighted by Crippen LogP contribution is 2.15. The number of hydrogen-bond donors (Lipinski definition) is 2. The van der Waals surface area contributed by atoms with Crippen LogP contribution >= 0.6 is 12.4 Å². The maximum absolute atomic E-state index is 10.5. The molecule has 3 nitrogen and oxygen atoms in total. The lowest BCUT2D eigenvalue weighted by Gasteiger charge is -2.24. The third-order valence-electron chi connectivity index (χ3n) is 1.97. The van der Waals surface area contributed by atoms with Gasteiger partial charge in [0.1, 0.15) is 0 Å². The summed E-state index contributed by atoms with van der Waals surface area (Å²) in [6.07, 6.45) is 1.55. The molecule has 1 aliphatic rings. The Balaban J connectivity index is 0.000001000. The summed E-state index contributed by atoms with van der Waals surface area (Å²) < 4.78 is 0. The predicted octanol–water partition coefficient (Wildman–Crippen LogP) is 0.881. The predicted molar refractivity (Wildman–Crippen MR) is 45.1 cm³/mol. The van der Waals surface area contributed by atoms with Crippen LogP contribution in [0.1, 0.15) is 19.8 Å². The Morgan fingerprint density at radius 3 is 2.64 bits per heavy atom. The Morgan fingerprint density at radius 1 is 1.64 bits per heavy atom. The van der Waals surface area contributed by atoms with Crippen LogP contribution in [-0.4, -0.2) is 23.7 Å². The SMILES string of the molecule is C[C@@H]1C[C@H](C(=O)O)CCN1.Cl. The van der Waals surface area contributed by atoms with Gasteiger partial charge in [0.15, 0.2) is 0 Å². The van der Waals surface area contributed by atoms with Gasteiger partial charge in [-0.2, -0.15) is 0 Å². The molecule has 1 fully saturated rings. The molecule has 0 amide bonds. The Hall–Kier alpha value is -0.280. The first-order chi connectivity index (χ1) is 4.70. The quantitative estimate of drug-likeness (QED) is 0.629. The highest BCUT2D eigenvalue weighted by Gasteiger charge is 2.23. The molecule has 2 atom stereocenters. The molecule has 1 aliphatic heterocycles.